The van der Waals surface area contributed by atoms with Crippen molar-refractivity contribution in [1.82, 2.24) is 9.97 Å². The molecule has 0 spiro atoms. The van der Waals surface area contributed by atoms with Crippen LogP contribution in [0.4, 0.5) is 11.5 Å². The van der Waals surface area contributed by atoms with Crippen LogP contribution in [0.3, 0.4) is 0 Å². The molecule has 30 heavy (non-hydrogen) atoms. The van der Waals surface area contributed by atoms with Crippen molar-refractivity contribution in [2.24, 2.45) is 0 Å². The van der Waals surface area contributed by atoms with Gasteiger partial charge in [-0.1, -0.05) is 31.2 Å². The lowest BCUT2D eigenvalue weighted by atomic mass is 10.0. The van der Waals surface area contributed by atoms with Gasteiger partial charge in [-0.05, 0) is 63.7 Å². The first-order valence-corrected chi connectivity index (χ1v) is 11.7. The molecule has 2 aromatic heterocycles. The van der Waals surface area contributed by atoms with E-state index in [0.717, 1.165) is 32.2 Å². The molecule has 7 heteroatoms. The fraction of sp³-hybridized carbons (Fsp3) is 0.261. The van der Waals surface area contributed by atoms with Crippen molar-refractivity contribution in [2.45, 2.75) is 30.6 Å². The van der Waals surface area contributed by atoms with E-state index in [-0.39, 0.29) is 5.91 Å². The zero-order valence-corrected chi connectivity index (χ0v) is 19.3. The molecule has 0 saturated heterocycles. The monoisotopic (exact) mass is 482 g/mol. The van der Waals surface area contributed by atoms with Gasteiger partial charge in [-0.15, -0.1) is 11.8 Å². The van der Waals surface area contributed by atoms with Gasteiger partial charge in [-0.25, -0.2) is 9.97 Å². The van der Waals surface area contributed by atoms with Crippen molar-refractivity contribution >= 4 is 45.1 Å². The molecule has 0 atom stereocenters. The second-order valence-electron chi connectivity index (χ2n) is 7.33. The molecule has 1 saturated carbocycles. The van der Waals surface area contributed by atoms with Crippen LogP contribution in [-0.2, 0) is 0 Å². The molecule has 4 rings (SSSR count). The third-order valence-corrected chi connectivity index (χ3v) is 6.48. The molecule has 1 fully saturated rings. The Bertz CT molecular complexity index is 1080. The Labute approximate surface area is 189 Å². The molecule has 1 amide bonds. The summed E-state index contributed by atoms with van der Waals surface area (Å²) >= 11 is 4.95. The summed E-state index contributed by atoms with van der Waals surface area (Å²) in [5, 5.41) is 0. The zero-order valence-electron chi connectivity index (χ0n) is 16.9. The number of hydrogen-bond donors (Lipinski definition) is 1. The topological polar surface area (TPSA) is 72.1 Å². The Morgan fingerprint density at radius 1 is 1.17 bits per heavy atom. The van der Waals surface area contributed by atoms with Crippen molar-refractivity contribution < 1.29 is 4.79 Å². The first-order valence-electron chi connectivity index (χ1n) is 9.90. The van der Waals surface area contributed by atoms with Gasteiger partial charge in [0.25, 0.3) is 5.91 Å². The SMILES string of the molecule is CCSc1cc(-c2ccc(C3CC3)cc2)cnc1C(=O)N(C)c1ncc(Br)cc1N. The van der Waals surface area contributed by atoms with Gasteiger partial charge in [-0.3, -0.25) is 9.69 Å². The van der Waals surface area contributed by atoms with Crippen molar-refractivity contribution in [2.75, 3.05) is 23.4 Å². The Hall–Kier alpha value is -2.38. The van der Waals surface area contributed by atoms with Crippen molar-refractivity contribution in [1.29, 1.82) is 0 Å². The van der Waals surface area contributed by atoms with Gasteiger partial charge < -0.3 is 5.73 Å². The summed E-state index contributed by atoms with van der Waals surface area (Å²) in [6.07, 6.45) is 5.98. The smallest absolute Gasteiger partial charge is 0.278 e. The number of benzene rings is 1. The minimum Gasteiger partial charge on any atom is -0.396 e. The molecule has 0 aliphatic heterocycles. The molecule has 0 unspecified atom stereocenters. The van der Waals surface area contributed by atoms with Gasteiger partial charge >= 0.3 is 0 Å². The summed E-state index contributed by atoms with van der Waals surface area (Å²) in [6.45, 7) is 2.06. The Morgan fingerprint density at radius 2 is 1.90 bits per heavy atom. The van der Waals surface area contributed by atoms with Gasteiger partial charge in [0, 0.05) is 34.4 Å². The van der Waals surface area contributed by atoms with E-state index in [9.17, 15) is 4.79 Å². The van der Waals surface area contributed by atoms with E-state index in [1.807, 2.05) is 6.07 Å². The molecule has 1 aliphatic rings. The van der Waals surface area contributed by atoms with Crippen LogP contribution >= 0.6 is 27.7 Å². The van der Waals surface area contributed by atoms with Gasteiger partial charge in [0.1, 0.15) is 5.69 Å². The molecule has 0 radical (unpaired) electrons. The number of aromatic nitrogens is 2. The van der Waals surface area contributed by atoms with Crippen LogP contribution in [0.2, 0.25) is 0 Å². The highest BCUT2D eigenvalue weighted by atomic mass is 79.9. The van der Waals surface area contributed by atoms with Gasteiger partial charge in [0.05, 0.1) is 5.69 Å². The molecule has 2 N–H and O–H groups in total. The van der Waals surface area contributed by atoms with Crippen LogP contribution in [0.5, 0.6) is 0 Å². The number of pyridine rings is 2. The van der Waals surface area contributed by atoms with E-state index in [1.165, 1.54) is 23.3 Å². The van der Waals surface area contributed by atoms with Crippen LogP contribution in [0, 0.1) is 0 Å². The lowest BCUT2D eigenvalue weighted by Gasteiger charge is -2.19. The maximum absolute atomic E-state index is 13.2. The van der Waals surface area contributed by atoms with Crippen molar-refractivity contribution in [3.63, 3.8) is 0 Å². The maximum Gasteiger partial charge on any atom is 0.278 e. The lowest BCUT2D eigenvalue weighted by Crippen LogP contribution is -2.29. The van der Waals surface area contributed by atoms with Crippen molar-refractivity contribution in [3.8, 4) is 11.1 Å². The minimum atomic E-state index is -0.233. The highest BCUT2D eigenvalue weighted by Gasteiger charge is 2.24. The van der Waals surface area contributed by atoms with Crippen LogP contribution in [0.1, 0.15) is 41.7 Å². The fourth-order valence-electron chi connectivity index (χ4n) is 3.38. The van der Waals surface area contributed by atoms with E-state index in [2.05, 4.69) is 57.1 Å². The number of carbonyl (C=O) groups excluding carboxylic acids is 1. The quantitative estimate of drug-likeness (QED) is 0.452. The highest BCUT2D eigenvalue weighted by molar-refractivity contribution is 9.10. The number of hydrogen-bond acceptors (Lipinski definition) is 5. The molecule has 1 aromatic carbocycles. The van der Waals surface area contributed by atoms with Gasteiger partial charge in [-0.2, -0.15) is 0 Å². The molecular formula is C23H23BrN4OS. The normalized spacial score (nSPS) is 13.3. The Morgan fingerprint density at radius 3 is 2.53 bits per heavy atom. The molecule has 2 heterocycles. The Balaban J connectivity index is 1.64. The summed E-state index contributed by atoms with van der Waals surface area (Å²) in [5.41, 5.74) is 10.4. The lowest BCUT2D eigenvalue weighted by molar-refractivity contribution is 0.0984. The van der Waals surface area contributed by atoms with Crippen LogP contribution in [0.25, 0.3) is 11.1 Å². The van der Waals surface area contributed by atoms with E-state index in [1.54, 1.807) is 37.3 Å². The van der Waals surface area contributed by atoms with Crippen LogP contribution in [0.15, 0.2) is 58.2 Å². The second-order valence-corrected chi connectivity index (χ2v) is 9.55. The largest absolute Gasteiger partial charge is 0.396 e. The molecule has 5 nitrogen and oxygen atoms in total. The van der Waals surface area contributed by atoms with E-state index >= 15 is 0 Å². The number of halogens is 1. The number of carbonyl (C=O) groups is 1. The number of thioether (sulfide) groups is 1. The predicted octanol–water partition coefficient (Wildman–Crippen LogP) is 5.75. The zero-order chi connectivity index (χ0) is 21.3. The standard InChI is InChI=1S/C23H23BrN4OS/c1-3-30-20-10-17(16-8-6-15(7-9-16)14-4-5-14)12-26-21(20)23(29)28(2)22-19(25)11-18(24)13-27-22/h6-14H,3-5,25H2,1-2H3. The molecule has 3 aromatic rings. The molecular weight excluding hydrogens is 460 g/mol. The number of anilines is 2. The highest BCUT2D eigenvalue weighted by Crippen LogP contribution is 2.40. The second kappa shape index (κ2) is 8.78. The Kier molecular flexibility index (Phi) is 6.11. The summed E-state index contributed by atoms with van der Waals surface area (Å²) in [6, 6.07) is 12.5. The summed E-state index contributed by atoms with van der Waals surface area (Å²) < 4.78 is 0.766. The first-order chi connectivity index (χ1) is 14.5. The van der Waals surface area contributed by atoms with Crippen LogP contribution in [-0.4, -0.2) is 28.7 Å². The third-order valence-electron chi connectivity index (χ3n) is 5.13. The number of nitrogens with zero attached hydrogens (tertiary/aromatic N) is 3. The molecule has 0 bridgehead atoms. The summed E-state index contributed by atoms with van der Waals surface area (Å²) in [5.74, 6) is 1.76. The molecule has 154 valence electrons. The van der Waals surface area contributed by atoms with Crippen LogP contribution < -0.4 is 10.6 Å². The minimum absolute atomic E-state index is 0.233. The predicted molar refractivity (Wildman–Crippen MR) is 127 cm³/mol. The van der Waals surface area contributed by atoms with E-state index in [0.29, 0.717) is 17.2 Å². The summed E-state index contributed by atoms with van der Waals surface area (Å²) in [4.78, 5) is 24.3. The maximum atomic E-state index is 13.2. The third kappa shape index (κ3) is 4.37. The number of amides is 1. The number of rotatable bonds is 6. The van der Waals surface area contributed by atoms with Gasteiger partial charge in [0.15, 0.2) is 5.82 Å². The first kappa shape index (κ1) is 20.9. The van der Waals surface area contributed by atoms with E-state index < -0.39 is 0 Å². The molecule has 1 aliphatic carbocycles. The summed E-state index contributed by atoms with van der Waals surface area (Å²) in [7, 11) is 1.67. The average Bonchev–Trinajstić information content (AvgIpc) is 3.59. The number of nitrogen functional groups attached to an aromatic ring is 1. The number of nitrogens with two attached hydrogens (primary N) is 1. The van der Waals surface area contributed by atoms with E-state index in [4.69, 9.17) is 5.73 Å². The van der Waals surface area contributed by atoms with Crippen molar-refractivity contribution in [3.05, 3.63) is 64.5 Å². The fourth-order valence-corrected chi connectivity index (χ4v) is 4.52. The average molecular weight is 483 g/mol. The van der Waals surface area contributed by atoms with Gasteiger partial charge in [0.2, 0.25) is 0 Å².